The fraction of sp³-hybridized carbons (Fsp3) is 0.519. The molecule has 0 aliphatic heterocycles. The molecule has 2 aromatic rings. The monoisotopic (exact) mass is 602 g/mol. The molecule has 1 aromatic carbocycles. The van der Waals surface area contributed by atoms with Gasteiger partial charge in [0.2, 0.25) is 0 Å². The van der Waals surface area contributed by atoms with Crippen LogP contribution in [-0.2, 0) is 4.43 Å². The highest BCUT2D eigenvalue weighted by Crippen LogP contribution is 2.40. The Labute approximate surface area is 229 Å². The number of aryl methyl sites for hydroxylation is 1. The van der Waals surface area contributed by atoms with E-state index < -0.39 is 21.7 Å². The van der Waals surface area contributed by atoms with Gasteiger partial charge in [0, 0.05) is 18.2 Å². The fourth-order valence-corrected chi connectivity index (χ4v) is 5.75. The lowest BCUT2D eigenvalue weighted by atomic mass is 9.94. The molecule has 0 amide bonds. The standard InChI is InChI=1S/C27H38BrF3N2O3Si/c1-10-14-33(22(11-2)26(7,8)36-37-25(4,5)6)20-15-17(3)23(32-24(20)28)19-13-12-18(16-21(19)34-9)35-27(29,30)31/h10,12-13,15-16,22H,1,11,14,37H2,2-9H3/t22-/m0/s1. The van der Waals surface area contributed by atoms with E-state index in [0.29, 0.717) is 22.4 Å². The number of ether oxygens (including phenoxy) is 2. The van der Waals surface area contributed by atoms with Gasteiger partial charge in [0.05, 0.1) is 30.1 Å². The van der Waals surface area contributed by atoms with Crippen LogP contribution in [-0.4, -0.2) is 46.4 Å². The van der Waals surface area contributed by atoms with Crippen LogP contribution in [0, 0.1) is 6.92 Å². The molecule has 0 aliphatic carbocycles. The van der Waals surface area contributed by atoms with Crippen molar-refractivity contribution in [1.29, 1.82) is 0 Å². The third kappa shape index (κ3) is 8.48. The summed E-state index contributed by atoms with van der Waals surface area (Å²) in [7, 11) is 0.611. The predicted molar refractivity (Wildman–Crippen MR) is 150 cm³/mol. The second kappa shape index (κ2) is 12.2. The summed E-state index contributed by atoms with van der Waals surface area (Å²) in [6.45, 7) is 19.5. The van der Waals surface area contributed by atoms with Crippen LogP contribution in [0.2, 0.25) is 5.04 Å². The Hall–Kier alpha value is -2.04. The Morgan fingerprint density at radius 2 is 1.81 bits per heavy atom. The lowest BCUT2D eigenvalue weighted by Crippen LogP contribution is -2.52. The average molecular weight is 604 g/mol. The van der Waals surface area contributed by atoms with E-state index in [1.54, 1.807) is 0 Å². The predicted octanol–water partition coefficient (Wildman–Crippen LogP) is 7.60. The van der Waals surface area contributed by atoms with Crippen molar-refractivity contribution in [3.8, 4) is 22.8 Å². The zero-order valence-corrected chi connectivity index (χ0v) is 25.9. The number of nitrogens with zero attached hydrogens (tertiary/aromatic N) is 2. The number of pyridine rings is 1. The van der Waals surface area contributed by atoms with Gasteiger partial charge >= 0.3 is 6.36 Å². The topological polar surface area (TPSA) is 43.8 Å². The van der Waals surface area contributed by atoms with Gasteiger partial charge in [-0.1, -0.05) is 33.8 Å². The molecule has 0 bridgehead atoms. The molecule has 1 heterocycles. The molecule has 0 saturated heterocycles. The van der Waals surface area contributed by atoms with E-state index in [2.05, 4.69) is 73.7 Å². The van der Waals surface area contributed by atoms with E-state index in [4.69, 9.17) is 14.1 Å². The molecule has 0 unspecified atom stereocenters. The van der Waals surface area contributed by atoms with Gasteiger partial charge in [-0.25, -0.2) is 4.98 Å². The van der Waals surface area contributed by atoms with E-state index in [1.807, 2.05) is 19.1 Å². The summed E-state index contributed by atoms with van der Waals surface area (Å²) >= 11 is 3.65. The molecule has 1 aromatic heterocycles. The van der Waals surface area contributed by atoms with Crippen molar-refractivity contribution in [3.05, 3.63) is 47.1 Å². The Balaban J connectivity index is 2.52. The highest BCUT2D eigenvalue weighted by Gasteiger charge is 2.36. The Morgan fingerprint density at radius 1 is 1.16 bits per heavy atom. The number of rotatable bonds is 11. The first-order valence-electron chi connectivity index (χ1n) is 12.2. The SMILES string of the molecule is C=CCN(c1cc(C)c(-c2ccc(OC(F)(F)F)cc2OC)nc1Br)[C@@H](CC)C(C)(C)O[SiH2]C(C)(C)C. The minimum absolute atomic E-state index is 0.0528. The van der Waals surface area contributed by atoms with Crippen LogP contribution >= 0.6 is 15.9 Å². The lowest BCUT2D eigenvalue weighted by molar-refractivity contribution is -0.274. The second-order valence-corrected chi connectivity index (χ2v) is 14.1. The quantitative estimate of drug-likeness (QED) is 0.150. The zero-order chi connectivity index (χ0) is 28.2. The summed E-state index contributed by atoms with van der Waals surface area (Å²) in [5.74, 6) is -0.126. The molecule has 0 fully saturated rings. The molecule has 0 aliphatic rings. The number of benzene rings is 1. The Kier molecular flexibility index (Phi) is 10.3. The minimum Gasteiger partial charge on any atom is -0.496 e. The molecular formula is C27H38BrF3N2O3Si. The largest absolute Gasteiger partial charge is 0.573 e. The second-order valence-electron chi connectivity index (χ2n) is 10.7. The maximum Gasteiger partial charge on any atom is 0.573 e. The van der Waals surface area contributed by atoms with E-state index in [-0.39, 0.29) is 22.6 Å². The highest BCUT2D eigenvalue weighted by molar-refractivity contribution is 9.10. The Morgan fingerprint density at radius 3 is 2.32 bits per heavy atom. The molecule has 2 rings (SSSR count). The van der Waals surface area contributed by atoms with Gasteiger partial charge in [-0.15, -0.1) is 19.8 Å². The number of anilines is 1. The number of hydrogen-bond acceptors (Lipinski definition) is 5. The Bertz CT molecular complexity index is 1090. The van der Waals surface area contributed by atoms with Crippen molar-refractivity contribution in [2.45, 2.75) is 77.9 Å². The van der Waals surface area contributed by atoms with Gasteiger partial charge in [-0.3, -0.25) is 0 Å². The normalized spacial score (nSPS) is 13.6. The van der Waals surface area contributed by atoms with Gasteiger partial charge in [0.25, 0.3) is 0 Å². The molecule has 0 saturated carbocycles. The molecule has 37 heavy (non-hydrogen) atoms. The van der Waals surface area contributed by atoms with Crippen LogP contribution < -0.4 is 14.4 Å². The fourth-order valence-electron chi connectivity index (χ4n) is 4.23. The van der Waals surface area contributed by atoms with Crippen LogP contribution in [0.25, 0.3) is 11.3 Å². The van der Waals surface area contributed by atoms with Crippen molar-refractivity contribution < 1.29 is 27.1 Å². The smallest absolute Gasteiger partial charge is 0.496 e. The summed E-state index contributed by atoms with van der Waals surface area (Å²) in [4.78, 5) is 7.05. The van der Waals surface area contributed by atoms with E-state index in [1.165, 1.54) is 25.3 Å². The molecule has 206 valence electrons. The van der Waals surface area contributed by atoms with Crippen LogP contribution in [0.4, 0.5) is 18.9 Å². The molecule has 5 nitrogen and oxygen atoms in total. The molecule has 10 heteroatoms. The number of methoxy groups -OCH3 is 1. The van der Waals surface area contributed by atoms with Crippen molar-refractivity contribution in [2.24, 2.45) is 0 Å². The molecule has 0 N–H and O–H groups in total. The van der Waals surface area contributed by atoms with Crippen molar-refractivity contribution in [2.75, 3.05) is 18.6 Å². The molecule has 0 spiro atoms. The summed E-state index contributed by atoms with van der Waals surface area (Å²) in [5.41, 5.74) is 2.48. The average Bonchev–Trinajstić information content (AvgIpc) is 2.77. The van der Waals surface area contributed by atoms with Gasteiger partial charge in [0.1, 0.15) is 16.1 Å². The number of hydrogen-bond donors (Lipinski definition) is 0. The van der Waals surface area contributed by atoms with Gasteiger partial charge < -0.3 is 18.8 Å². The van der Waals surface area contributed by atoms with Gasteiger partial charge in [-0.05, 0) is 71.9 Å². The van der Waals surface area contributed by atoms with E-state index in [9.17, 15) is 13.2 Å². The maximum absolute atomic E-state index is 12.7. The summed E-state index contributed by atoms with van der Waals surface area (Å²) in [6.07, 6.45) is -2.08. The molecular weight excluding hydrogens is 565 g/mol. The summed E-state index contributed by atoms with van der Waals surface area (Å²) < 4.78 is 54.6. The van der Waals surface area contributed by atoms with Crippen LogP contribution in [0.1, 0.15) is 53.5 Å². The number of aromatic nitrogens is 1. The first kappa shape index (κ1) is 31.2. The number of alkyl halides is 3. The highest BCUT2D eigenvalue weighted by atomic mass is 79.9. The summed E-state index contributed by atoms with van der Waals surface area (Å²) in [5, 5.41) is 0.166. The van der Waals surface area contributed by atoms with Gasteiger partial charge in [-0.2, -0.15) is 0 Å². The van der Waals surface area contributed by atoms with Crippen LogP contribution in [0.5, 0.6) is 11.5 Å². The van der Waals surface area contributed by atoms with Gasteiger partial charge in [0.15, 0.2) is 9.76 Å². The molecule has 0 radical (unpaired) electrons. The van der Waals surface area contributed by atoms with Crippen LogP contribution in [0.3, 0.4) is 0 Å². The maximum atomic E-state index is 12.7. The van der Waals surface area contributed by atoms with E-state index >= 15 is 0 Å². The van der Waals surface area contributed by atoms with Crippen LogP contribution in [0.15, 0.2) is 41.5 Å². The first-order chi connectivity index (χ1) is 17.0. The van der Waals surface area contributed by atoms with Crippen molar-refractivity contribution >= 4 is 31.4 Å². The zero-order valence-electron chi connectivity index (χ0n) is 22.9. The third-order valence-corrected chi connectivity index (χ3v) is 8.23. The minimum atomic E-state index is -4.79. The summed E-state index contributed by atoms with van der Waals surface area (Å²) in [6, 6.07) is 6.06. The third-order valence-electron chi connectivity index (χ3n) is 5.89. The van der Waals surface area contributed by atoms with Crippen molar-refractivity contribution in [1.82, 2.24) is 4.98 Å². The number of halogens is 4. The first-order valence-corrected chi connectivity index (χ1v) is 14.2. The lowest BCUT2D eigenvalue weighted by Gasteiger charge is -2.44. The van der Waals surface area contributed by atoms with E-state index in [0.717, 1.165) is 17.7 Å². The molecule has 1 atom stereocenters. The van der Waals surface area contributed by atoms with Crippen molar-refractivity contribution in [3.63, 3.8) is 0 Å².